The molecule has 0 bridgehead atoms. The molecule has 0 aliphatic rings. The Hall–Kier alpha value is -0.340. The first-order valence-electron chi connectivity index (χ1n) is 4.16. The van der Waals surface area contributed by atoms with Crippen molar-refractivity contribution in [2.24, 2.45) is 0 Å². The van der Waals surface area contributed by atoms with E-state index in [0.717, 1.165) is 32.3 Å². The molecule has 1 N–H and O–H groups in total. The second kappa shape index (κ2) is 9.66. The summed E-state index contributed by atoms with van der Waals surface area (Å²) in [7, 11) is 1.72. The van der Waals surface area contributed by atoms with Gasteiger partial charge in [0.25, 0.3) is 0 Å². The van der Waals surface area contributed by atoms with E-state index in [1.54, 1.807) is 7.11 Å². The Kier molecular flexibility index (Phi) is 9.36. The van der Waals surface area contributed by atoms with Gasteiger partial charge in [-0.25, -0.2) is 0 Å². The molecule has 0 aromatic heterocycles. The molecule has 2 nitrogen and oxygen atoms in total. The highest BCUT2D eigenvalue weighted by Gasteiger charge is 1.81. The van der Waals surface area contributed by atoms with E-state index in [1.807, 2.05) is 0 Å². The molecule has 0 spiro atoms. The van der Waals surface area contributed by atoms with Crippen molar-refractivity contribution in [2.75, 3.05) is 20.3 Å². The third-order valence-electron chi connectivity index (χ3n) is 1.41. The van der Waals surface area contributed by atoms with Gasteiger partial charge in [-0.3, -0.25) is 0 Å². The predicted molar refractivity (Wildman–Crippen MR) is 46.6 cm³/mol. The van der Waals surface area contributed by atoms with Gasteiger partial charge < -0.3 is 9.84 Å². The fourth-order valence-corrected chi connectivity index (χ4v) is 0.790. The zero-order valence-electron chi connectivity index (χ0n) is 7.25. The maximum Gasteiger partial charge on any atom is 0.0465 e. The Labute approximate surface area is 68.9 Å². The van der Waals surface area contributed by atoms with E-state index in [9.17, 15) is 0 Å². The Morgan fingerprint density at radius 3 is 2.36 bits per heavy atom. The molecule has 11 heavy (non-hydrogen) atoms. The summed E-state index contributed by atoms with van der Waals surface area (Å²) in [6.45, 7) is 1.13. The zero-order chi connectivity index (χ0) is 8.36. The van der Waals surface area contributed by atoms with Crippen LogP contribution in [0.5, 0.6) is 0 Å². The Balaban J connectivity index is 2.91. The van der Waals surface area contributed by atoms with Crippen molar-refractivity contribution in [2.45, 2.75) is 25.7 Å². The average molecular weight is 158 g/mol. The maximum atomic E-state index is 8.45. The van der Waals surface area contributed by atoms with Crippen LogP contribution in [0, 0.1) is 0 Å². The van der Waals surface area contributed by atoms with Crippen LogP contribution in [0.2, 0.25) is 0 Å². The lowest BCUT2D eigenvalue weighted by Crippen LogP contribution is -1.85. The zero-order valence-corrected chi connectivity index (χ0v) is 7.25. The molecule has 0 unspecified atom stereocenters. The molecular formula is C9H18O2. The molecule has 0 aromatic carbocycles. The first-order chi connectivity index (χ1) is 5.41. The van der Waals surface area contributed by atoms with Crippen LogP contribution in [-0.2, 0) is 4.74 Å². The van der Waals surface area contributed by atoms with Crippen molar-refractivity contribution in [3.63, 3.8) is 0 Å². The van der Waals surface area contributed by atoms with Crippen LogP contribution in [0.1, 0.15) is 25.7 Å². The van der Waals surface area contributed by atoms with Crippen molar-refractivity contribution in [1.29, 1.82) is 0 Å². The fraction of sp³-hybridized carbons (Fsp3) is 0.778. The first kappa shape index (κ1) is 10.7. The van der Waals surface area contributed by atoms with Crippen LogP contribution in [0.3, 0.4) is 0 Å². The summed E-state index contributed by atoms with van der Waals surface area (Å²) in [5.74, 6) is 0. The molecule has 0 aliphatic carbocycles. The van der Waals surface area contributed by atoms with Crippen LogP contribution < -0.4 is 0 Å². The summed E-state index contributed by atoms with van der Waals surface area (Å²) < 4.78 is 4.90. The Bertz CT molecular complexity index is 89.6. The van der Waals surface area contributed by atoms with Gasteiger partial charge in [0.2, 0.25) is 0 Å². The Morgan fingerprint density at radius 2 is 1.82 bits per heavy atom. The second-order valence-corrected chi connectivity index (χ2v) is 2.47. The van der Waals surface area contributed by atoms with Gasteiger partial charge in [0.1, 0.15) is 0 Å². The minimum Gasteiger partial charge on any atom is -0.396 e. The summed E-state index contributed by atoms with van der Waals surface area (Å²) in [4.78, 5) is 0. The van der Waals surface area contributed by atoms with E-state index in [4.69, 9.17) is 9.84 Å². The first-order valence-corrected chi connectivity index (χ1v) is 4.16. The number of hydrogen-bond acceptors (Lipinski definition) is 2. The number of hydrogen-bond donors (Lipinski definition) is 1. The number of allylic oxidation sites excluding steroid dienone is 2. The molecule has 0 atom stereocenters. The molecule has 0 aliphatic heterocycles. The van der Waals surface area contributed by atoms with Crippen molar-refractivity contribution in [1.82, 2.24) is 0 Å². The maximum absolute atomic E-state index is 8.45. The highest BCUT2D eigenvalue weighted by molar-refractivity contribution is 4.80. The van der Waals surface area contributed by atoms with Gasteiger partial charge >= 0.3 is 0 Å². The molecule has 2 heteroatoms. The molecule has 0 rings (SSSR count). The average Bonchev–Trinajstić information content (AvgIpc) is 2.03. The standard InChI is InChI=1S/C9H18O2/c1-11-9-7-5-3-2-4-6-8-10/h2-3,10H,4-9H2,1H3. The number of rotatable bonds is 7. The van der Waals surface area contributed by atoms with Crippen molar-refractivity contribution in [3.05, 3.63) is 12.2 Å². The van der Waals surface area contributed by atoms with Crippen LogP contribution in [0.4, 0.5) is 0 Å². The lowest BCUT2D eigenvalue weighted by Gasteiger charge is -1.93. The van der Waals surface area contributed by atoms with Gasteiger partial charge in [-0.1, -0.05) is 12.2 Å². The number of ether oxygens (including phenoxy) is 1. The topological polar surface area (TPSA) is 29.5 Å². The number of methoxy groups -OCH3 is 1. The summed E-state index contributed by atoms with van der Waals surface area (Å²) >= 11 is 0. The van der Waals surface area contributed by atoms with E-state index >= 15 is 0 Å². The summed E-state index contributed by atoms with van der Waals surface area (Å²) in [6.07, 6.45) is 8.30. The second-order valence-electron chi connectivity index (χ2n) is 2.47. The lowest BCUT2D eigenvalue weighted by atomic mass is 10.2. The van der Waals surface area contributed by atoms with E-state index in [-0.39, 0.29) is 0 Å². The fourth-order valence-electron chi connectivity index (χ4n) is 0.790. The summed E-state index contributed by atoms with van der Waals surface area (Å²) in [5, 5.41) is 8.45. The number of aliphatic hydroxyl groups is 1. The quantitative estimate of drug-likeness (QED) is 0.452. The van der Waals surface area contributed by atoms with E-state index < -0.39 is 0 Å². The van der Waals surface area contributed by atoms with Crippen LogP contribution in [0.25, 0.3) is 0 Å². The van der Waals surface area contributed by atoms with Gasteiger partial charge in [0.15, 0.2) is 0 Å². The molecule has 0 heterocycles. The minimum atomic E-state index is 0.294. The monoisotopic (exact) mass is 158 g/mol. The Morgan fingerprint density at radius 1 is 1.18 bits per heavy atom. The SMILES string of the molecule is COCCCC=CCCCO. The highest BCUT2D eigenvalue weighted by atomic mass is 16.5. The molecule has 0 saturated heterocycles. The molecular weight excluding hydrogens is 140 g/mol. The largest absolute Gasteiger partial charge is 0.396 e. The van der Waals surface area contributed by atoms with Crippen molar-refractivity contribution in [3.8, 4) is 0 Å². The van der Waals surface area contributed by atoms with Crippen LogP contribution >= 0.6 is 0 Å². The van der Waals surface area contributed by atoms with E-state index in [0.29, 0.717) is 6.61 Å². The summed E-state index contributed by atoms with van der Waals surface area (Å²) in [6, 6.07) is 0. The van der Waals surface area contributed by atoms with Crippen molar-refractivity contribution < 1.29 is 9.84 Å². The minimum absolute atomic E-state index is 0.294. The molecule has 66 valence electrons. The molecule has 0 radical (unpaired) electrons. The van der Waals surface area contributed by atoms with Gasteiger partial charge in [-0.05, 0) is 25.7 Å². The molecule has 0 saturated carbocycles. The van der Waals surface area contributed by atoms with Gasteiger partial charge in [-0.2, -0.15) is 0 Å². The summed E-state index contributed by atoms with van der Waals surface area (Å²) in [5.41, 5.74) is 0. The number of aliphatic hydroxyl groups excluding tert-OH is 1. The molecule has 0 aromatic rings. The van der Waals surface area contributed by atoms with Gasteiger partial charge in [0.05, 0.1) is 0 Å². The number of unbranched alkanes of at least 4 members (excludes halogenated alkanes) is 2. The smallest absolute Gasteiger partial charge is 0.0465 e. The van der Waals surface area contributed by atoms with Crippen LogP contribution in [0.15, 0.2) is 12.2 Å². The van der Waals surface area contributed by atoms with Gasteiger partial charge in [0, 0.05) is 20.3 Å². The lowest BCUT2D eigenvalue weighted by molar-refractivity contribution is 0.196. The third-order valence-corrected chi connectivity index (χ3v) is 1.41. The van der Waals surface area contributed by atoms with Crippen molar-refractivity contribution >= 4 is 0 Å². The predicted octanol–water partition coefficient (Wildman–Crippen LogP) is 1.74. The highest BCUT2D eigenvalue weighted by Crippen LogP contribution is 1.94. The molecule has 0 amide bonds. The van der Waals surface area contributed by atoms with Gasteiger partial charge in [-0.15, -0.1) is 0 Å². The van der Waals surface area contributed by atoms with Crippen LogP contribution in [-0.4, -0.2) is 25.4 Å². The van der Waals surface area contributed by atoms with E-state index in [1.165, 1.54) is 0 Å². The molecule has 0 fully saturated rings. The normalized spacial score (nSPS) is 11.1. The van der Waals surface area contributed by atoms with E-state index in [2.05, 4.69) is 12.2 Å². The third kappa shape index (κ3) is 9.66.